The Bertz CT molecular complexity index is 1280. The summed E-state index contributed by atoms with van der Waals surface area (Å²) in [4.78, 5) is 22.2. The summed E-state index contributed by atoms with van der Waals surface area (Å²) in [5.41, 5.74) is 8.17. The van der Waals surface area contributed by atoms with Crippen LogP contribution in [-0.4, -0.2) is 57.1 Å². The molecule has 3 aromatic heterocycles. The lowest BCUT2D eigenvalue weighted by atomic mass is 9.88. The number of nitrogens with zero attached hydrogens (tertiary/aromatic N) is 4. The average Bonchev–Trinajstić information content (AvgIpc) is 3.43. The molecule has 1 fully saturated rings. The van der Waals surface area contributed by atoms with E-state index < -0.39 is 0 Å². The second-order valence-electron chi connectivity index (χ2n) is 8.76. The molecular formula is C25H30N6O. The van der Waals surface area contributed by atoms with Gasteiger partial charge in [-0.05, 0) is 74.0 Å². The first-order chi connectivity index (χ1) is 15.6. The van der Waals surface area contributed by atoms with E-state index in [0.29, 0.717) is 12.5 Å². The minimum Gasteiger partial charge on any atom is -0.354 e. The summed E-state index contributed by atoms with van der Waals surface area (Å²) in [7, 11) is 1.82. The van der Waals surface area contributed by atoms with E-state index in [1.165, 1.54) is 22.0 Å². The fraction of sp³-hybridized carbons (Fsp3) is 0.400. The minimum atomic E-state index is 0.199. The third kappa shape index (κ3) is 3.56. The first-order valence-electron chi connectivity index (χ1n) is 11.5. The molecule has 0 radical (unpaired) electrons. The van der Waals surface area contributed by atoms with E-state index in [1.807, 2.05) is 16.5 Å². The van der Waals surface area contributed by atoms with Gasteiger partial charge in [0, 0.05) is 35.8 Å². The Morgan fingerprint density at radius 2 is 2.06 bits per heavy atom. The number of rotatable bonds is 5. The topological polar surface area (TPSA) is 78.3 Å². The standard InChI is InChI=1S/C25H30N6O/c1-4-20-21-12-18(17-7-9-30(10-8-17)23(32)13-26-3)5-6-22(21)29-24(20)19-11-16(2)25-27-15-28-31(25)14-19/h5-6,11-12,14-15,17,26,29H,4,7-10,13H2,1-3H3. The van der Waals surface area contributed by atoms with Crippen LogP contribution >= 0.6 is 0 Å². The maximum atomic E-state index is 12.2. The molecule has 0 spiro atoms. The molecule has 0 aliphatic carbocycles. The van der Waals surface area contributed by atoms with Crippen LogP contribution in [0.1, 0.15) is 42.4 Å². The molecule has 4 heterocycles. The number of likely N-dealkylation sites (tertiary alicyclic amines) is 1. The predicted octanol–water partition coefficient (Wildman–Crippen LogP) is 3.67. The van der Waals surface area contributed by atoms with Crippen LogP contribution in [0.2, 0.25) is 0 Å². The van der Waals surface area contributed by atoms with Crippen molar-refractivity contribution < 1.29 is 4.79 Å². The maximum Gasteiger partial charge on any atom is 0.236 e. The number of carbonyl (C=O) groups is 1. The number of aryl methyl sites for hydroxylation is 2. The van der Waals surface area contributed by atoms with E-state index in [4.69, 9.17) is 0 Å². The highest BCUT2D eigenvalue weighted by atomic mass is 16.2. The maximum absolute atomic E-state index is 12.2. The quantitative estimate of drug-likeness (QED) is 0.506. The molecule has 0 saturated carbocycles. The average molecular weight is 431 g/mol. The summed E-state index contributed by atoms with van der Waals surface area (Å²) in [5, 5.41) is 8.60. The molecule has 2 N–H and O–H groups in total. The fourth-order valence-electron chi connectivity index (χ4n) is 5.09. The number of fused-ring (bicyclic) bond motifs is 2. The minimum absolute atomic E-state index is 0.199. The largest absolute Gasteiger partial charge is 0.354 e. The Labute approximate surface area is 187 Å². The molecule has 1 aromatic carbocycles. The van der Waals surface area contributed by atoms with Crippen molar-refractivity contribution in [2.45, 2.75) is 39.0 Å². The molecule has 32 heavy (non-hydrogen) atoms. The van der Waals surface area contributed by atoms with Crippen molar-refractivity contribution in [1.29, 1.82) is 0 Å². The van der Waals surface area contributed by atoms with Gasteiger partial charge in [0.05, 0.1) is 12.2 Å². The van der Waals surface area contributed by atoms with Crippen molar-refractivity contribution in [3.8, 4) is 11.3 Å². The number of amides is 1. The number of benzene rings is 1. The Balaban J connectivity index is 1.46. The lowest BCUT2D eigenvalue weighted by Gasteiger charge is -2.32. The molecule has 0 atom stereocenters. The van der Waals surface area contributed by atoms with Gasteiger partial charge in [0.1, 0.15) is 6.33 Å². The van der Waals surface area contributed by atoms with Crippen molar-refractivity contribution in [3.63, 3.8) is 0 Å². The normalized spacial score (nSPS) is 15.2. The summed E-state index contributed by atoms with van der Waals surface area (Å²) in [6.45, 7) is 6.38. The number of piperidine rings is 1. The van der Waals surface area contributed by atoms with Gasteiger partial charge in [-0.2, -0.15) is 5.10 Å². The number of aromatic amines is 1. The molecule has 1 saturated heterocycles. The van der Waals surface area contributed by atoms with Gasteiger partial charge in [0.2, 0.25) is 5.91 Å². The van der Waals surface area contributed by atoms with Crippen LogP contribution in [0.25, 0.3) is 27.8 Å². The molecule has 0 unspecified atom stereocenters. The summed E-state index contributed by atoms with van der Waals surface area (Å²) in [6.07, 6.45) is 6.63. The van der Waals surface area contributed by atoms with E-state index in [9.17, 15) is 4.79 Å². The van der Waals surface area contributed by atoms with Crippen molar-refractivity contribution in [3.05, 3.63) is 53.5 Å². The number of pyridine rings is 1. The first kappa shape index (κ1) is 20.7. The lowest BCUT2D eigenvalue weighted by molar-refractivity contribution is -0.131. The van der Waals surface area contributed by atoms with Gasteiger partial charge in [-0.25, -0.2) is 9.50 Å². The number of H-pyrrole nitrogens is 1. The Morgan fingerprint density at radius 1 is 1.25 bits per heavy atom. The van der Waals surface area contributed by atoms with Crippen LogP contribution in [0.3, 0.4) is 0 Å². The van der Waals surface area contributed by atoms with Crippen LogP contribution in [-0.2, 0) is 11.2 Å². The highest BCUT2D eigenvalue weighted by molar-refractivity contribution is 5.91. The zero-order chi connectivity index (χ0) is 22.2. The zero-order valence-electron chi connectivity index (χ0n) is 19.0. The number of aromatic nitrogens is 4. The van der Waals surface area contributed by atoms with Gasteiger partial charge in [-0.1, -0.05) is 13.0 Å². The Kier molecular flexibility index (Phi) is 5.43. The number of carbonyl (C=O) groups excluding carboxylic acids is 1. The summed E-state index contributed by atoms with van der Waals surface area (Å²) < 4.78 is 1.85. The molecular weight excluding hydrogens is 400 g/mol. The molecule has 7 nitrogen and oxygen atoms in total. The van der Waals surface area contributed by atoms with Crippen LogP contribution in [0.5, 0.6) is 0 Å². The van der Waals surface area contributed by atoms with Gasteiger partial charge < -0.3 is 15.2 Å². The lowest BCUT2D eigenvalue weighted by Crippen LogP contribution is -2.41. The van der Waals surface area contributed by atoms with Gasteiger partial charge >= 0.3 is 0 Å². The third-order valence-electron chi connectivity index (χ3n) is 6.78. The molecule has 7 heteroatoms. The fourth-order valence-corrected chi connectivity index (χ4v) is 5.09. The predicted molar refractivity (Wildman–Crippen MR) is 127 cm³/mol. The van der Waals surface area contributed by atoms with E-state index in [1.54, 1.807) is 6.33 Å². The van der Waals surface area contributed by atoms with Gasteiger partial charge in [-0.3, -0.25) is 4.79 Å². The summed E-state index contributed by atoms with van der Waals surface area (Å²) >= 11 is 0. The first-order valence-corrected chi connectivity index (χ1v) is 11.5. The van der Waals surface area contributed by atoms with E-state index in [0.717, 1.165) is 54.8 Å². The van der Waals surface area contributed by atoms with Crippen molar-refractivity contribution >= 4 is 22.5 Å². The van der Waals surface area contributed by atoms with E-state index in [-0.39, 0.29) is 5.91 Å². The second kappa shape index (κ2) is 8.39. The van der Waals surface area contributed by atoms with E-state index in [2.05, 4.69) is 64.7 Å². The van der Waals surface area contributed by atoms with Gasteiger partial charge in [0.15, 0.2) is 5.65 Å². The highest BCUT2D eigenvalue weighted by Gasteiger charge is 2.24. The third-order valence-corrected chi connectivity index (χ3v) is 6.78. The van der Waals surface area contributed by atoms with Crippen molar-refractivity contribution in [2.75, 3.05) is 26.7 Å². The van der Waals surface area contributed by atoms with Crippen LogP contribution in [0, 0.1) is 6.92 Å². The van der Waals surface area contributed by atoms with E-state index >= 15 is 0 Å². The number of hydrogen-bond acceptors (Lipinski definition) is 4. The number of nitrogens with one attached hydrogen (secondary N) is 2. The molecule has 1 amide bonds. The van der Waals surface area contributed by atoms with Gasteiger partial charge in [0.25, 0.3) is 0 Å². The molecule has 1 aliphatic heterocycles. The van der Waals surface area contributed by atoms with Crippen LogP contribution in [0.4, 0.5) is 0 Å². The van der Waals surface area contributed by atoms with Gasteiger partial charge in [-0.15, -0.1) is 0 Å². The molecule has 1 aliphatic rings. The molecule has 0 bridgehead atoms. The SMILES string of the molecule is CCc1c(-c2cc(C)c3ncnn3c2)[nH]c2ccc(C3CCN(C(=O)CNC)CC3)cc12. The van der Waals surface area contributed by atoms with Crippen LogP contribution < -0.4 is 5.32 Å². The molecule has 166 valence electrons. The molecule has 4 aromatic rings. The van der Waals surface area contributed by atoms with Crippen molar-refractivity contribution in [2.24, 2.45) is 0 Å². The number of hydrogen-bond donors (Lipinski definition) is 2. The summed E-state index contributed by atoms with van der Waals surface area (Å²) in [5.74, 6) is 0.694. The zero-order valence-corrected chi connectivity index (χ0v) is 19.0. The highest BCUT2D eigenvalue weighted by Crippen LogP contribution is 2.35. The smallest absolute Gasteiger partial charge is 0.236 e. The Morgan fingerprint density at radius 3 is 2.81 bits per heavy atom. The Hall–Kier alpha value is -3.19. The monoisotopic (exact) mass is 430 g/mol. The summed E-state index contributed by atoms with van der Waals surface area (Å²) in [6, 6.07) is 9.02. The molecule has 5 rings (SSSR count). The number of likely N-dealkylation sites (N-methyl/N-ethyl adjacent to an activating group) is 1. The second-order valence-corrected chi connectivity index (χ2v) is 8.76. The van der Waals surface area contributed by atoms with Crippen molar-refractivity contribution in [1.82, 2.24) is 29.8 Å². The van der Waals surface area contributed by atoms with Crippen LogP contribution in [0.15, 0.2) is 36.8 Å².